The third kappa shape index (κ3) is 4.20. The number of ether oxygens (including phenoxy) is 1. The second kappa shape index (κ2) is 7.94. The van der Waals surface area contributed by atoms with Gasteiger partial charge in [-0.05, 0) is 50.2 Å². The van der Waals surface area contributed by atoms with Crippen molar-refractivity contribution in [3.05, 3.63) is 23.9 Å². The van der Waals surface area contributed by atoms with Crippen molar-refractivity contribution in [2.24, 2.45) is 11.7 Å². The van der Waals surface area contributed by atoms with Crippen molar-refractivity contribution in [1.29, 1.82) is 0 Å². The molecule has 2 heterocycles. The molecule has 146 valence electrons. The number of rotatable bonds is 6. The van der Waals surface area contributed by atoms with Crippen LogP contribution in [0.25, 0.3) is 0 Å². The van der Waals surface area contributed by atoms with Gasteiger partial charge in [-0.3, -0.25) is 14.5 Å². The van der Waals surface area contributed by atoms with Gasteiger partial charge in [0.2, 0.25) is 5.88 Å². The molecule has 8 nitrogen and oxygen atoms in total. The minimum atomic E-state index is -0.581. The predicted octanol–water partition coefficient (Wildman–Crippen LogP) is 1.84. The summed E-state index contributed by atoms with van der Waals surface area (Å²) in [5.74, 6) is -0.136. The average molecular weight is 374 g/mol. The summed E-state index contributed by atoms with van der Waals surface area (Å²) in [7, 11) is 0. The lowest BCUT2D eigenvalue weighted by Crippen LogP contribution is -2.44. The van der Waals surface area contributed by atoms with Crippen LogP contribution in [0.1, 0.15) is 56.3 Å². The van der Waals surface area contributed by atoms with E-state index in [0.717, 1.165) is 0 Å². The summed E-state index contributed by atoms with van der Waals surface area (Å²) in [6.07, 6.45) is 4.75. The molecule has 1 aliphatic heterocycles. The predicted molar refractivity (Wildman–Crippen MR) is 98.0 cm³/mol. The van der Waals surface area contributed by atoms with Crippen LogP contribution in [0.2, 0.25) is 0 Å². The van der Waals surface area contributed by atoms with E-state index >= 15 is 0 Å². The van der Waals surface area contributed by atoms with Gasteiger partial charge in [0, 0.05) is 12.2 Å². The summed E-state index contributed by atoms with van der Waals surface area (Å²) >= 11 is 0. The first-order valence-corrected chi connectivity index (χ1v) is 9.41. The maximum atomic E-state index is 12.6. The third-order valence-electron chi connectivity index (χ3n) is 5.08. The fraction of sp³-hybridized carbons (Fsp3) is 0.579. The second-order valence-corrected chi connectivity index (χ2v) is 7.61. The van der Waals surface area contributed by atoms with E-state index in [9.17, 15) is 14.4 Å². The molecule has 1 saturated carbocycles. The minimum absolute atomic E-state index is 0.117. The number of carbonyl (C=O) groups excluding carboxylic acids is 3. The van der Waals surface area contributed by atoms with Crippen LogP contribution in [-0.2, 0) is 4.79 Å². The molecule has 2 fully saturated rings. The molecule has 3 rings (SSSR count). The topological polar surface area (TPSA) is 115 Å². The number of imide groups is 1. The van der Waals surface area contributed by atoms with Crippen molar-refractivity contribution in [2.75, 3.05) is 0 Å². The van der Waals surface area contributed by atoms with Gasteiger partial charge in [0.05, 0.1) is 0 Å². The molecular weight excluding hydrogens is 348 g/mol. The molecule has 1 aromatic rings. The normalized spacial score (nSPS) is 25.6. The number of primary amides is 1. The summed E-state index contributed by atoms with van der Waals surface area (Å²) in [5.41, 5.74) is 5.61. The molecule has 1 aromatic heterocycles. The highest BCUT2D eigenvalue weighted by atomic mass is 16.5. The Hall–Kier alpha value is -2.64. The van der Waals surface area contributed by atoms with E-state index in [-0.39, 0.29) is 35.5 Å². The monoisotopic (exact) mass is 374 g/mol. The highest BCUT2D eigenvalue weighted by Crippen LogP contribution is 2.29. The van der Waals surface area contributed by atoms with E-state index in [1.807, 2.05) is 13.8 Å². The molecule has 0 aromatic carbocycles. The quantitative estimate of drug-likeness (QED) is 0.737. The molecule has 4 amide bonds. The Balaban J connectivity index is 1.59. The van der Waals surface area contributed by atoms with Crippen LogP contribution in [0.4, 0.5) is 4.79 Å². The number of hydrogen-bond donors (Lipinski definition) is 2. The highest BCUT2D eigenvalue weighted by Gasteiger charge is 2.43. The fourth-order valence-electron chi connectivity index (χ4n) is 3.78. The summed E-state index contributed by atoms with van der Waals surface area (Å²) in [5, 5.41) is 2.80. The Kier molecular flexibility index (Phi) is 5.62. The highest BCUT2D eigenvalue weighted by molar-refractivity contribution is 6.04. The van der Waals surface area contributed by atoms with Crippen LogP contribution in [0.15, 0.2) is 18.3 Å². The van der Waals surface area contributed by atoms with Crippen molar-refractivity contribution in [1.82, 2.24) is 15.2 Å². The van der Waals surface area contributed by atoms with Gasteiger partial charge in [-0.2, -0.15) is 0 Å². The first kappa shape index (κ1) is 19.1. The minimum Gasteiger partial charge on any atom is -0.474 e. The second-order valence-electron chi connectivity index (χ2n) is 7.61. The molecule has 8 heteroatoms. The van der Waals surface area contributed by atoms with Crippen molar-refractivity contribution < 1.29 is 19.1 Å². The maximum absolute atomic E-state index is 12.6. The third-order valence-corrected chi connectivity index (χ3v) is 5.08. The molecule has 0 spiro atoms. The molecule has 1 unspecified atom stereocenters. The smallest absolute Gasteiger partial charge is 0.325 e. The van der Waals surface area contributed by atoms with Crippen molar-refractivity contribution in [2.45, 2.75) is 64.1 Å². The average Bonchev–Trinajstić information content (AvgIpc) is 2.89. The first-order chi connectivity index (χ1) is 12.9. The number of carbonyl (C=O) groups is 3. The van der Waals surface area contributed by atoms with E-state index in [0.29, 0.717) is 38.0 Å². The van der Waals surface area contributed by atoms with E-state index < -0.39 is 11.9 Å². The van der Waals surface area contributed by atoms with Crippen LogP contribution in [0.5, 0.6) is 5.88 Å². The lowest BCUT2D eigenvalue weighted by Gasteiger charge is -2.33. The SMILES string of the molecule is CC(C)CC1NC(=O)N(C2CCC(Oc3ncccc3C(N)=O)CC2)C1=O. The molecule has 2 aliphatic rings. The largest absolute Gasteiger partial charge is 0.474 e. The fourth-order valence-corrected chi connectivity index (χ4v) is 3.78. The zero-order valence-electron chi connectivity index (χ0n) is 15.7. The van der Waals surface area contributed by atoms with Gasteiger partial charge in [-0.15, -0.1) is 0 Å². The maximum Gasteiger partial charge on any atom is 0.325 e. The Bertz CT molecular complexity index is 728. The van der Waals surface area contributed by atoms with Crippen molar-refractivity contribution >= 4 is 17.8 Å². The van der Waals surface area contributed by atoms with Gasteiger partial charge in [0.15, 0.2) is 0 Å². The van der Waals surface area contributed by atoms with Gasteiger partial charge in [-0.1, -0.05) is 13.8 Å². The molecule has 1 atom stereocenters. The van der Waals surface area contributed by atoms with E-state index in [1.165, 1.54) is 4.90 Å². The van der Waals surface area contributed by atoms with Crippen LogP contribution in [0, 0.1) is 5.92 Å². The van der Waals surface area contributed by atoms with Gasteiger partial charge < -0.3 is 15.8 Å². The molecule has 0 bridgehead atoms. The van der Waals surface area contributed by atoms with E-state index in [2.05, 4.69) is 10.3 Å². The molecule has 0 radical (unpaired) electrons. The van der Waals surface area contributed by atoms with Crippen molar-refractivity contribution in [3.8, 4) is 5.88 Å². The number of urea groups is 1. The Labute approximate surface area is 158 Å². The summed E-state index contributed by atoms with van der Waals surface area (Å²) in [4.78, 5) is 41.8. The summed E-state index contributed by atoms with van der Waals surface area (Å²) < 4.78 is 5.87. The molecule has 1 aliphatic carbocycles. The summed E-state index contributed by atoms with van der Waals surface area (Å²) in [6, 6.07) is 2.38. The van der Waals surface area contributed by atoms with Crippen LogP contribution in [-0.4, -0.2) is 45.9 Å². The molecular formula is C19H26N4O4. The van der Waals surface area contributed by atoms with E-state index in [4.69, 9.17) is 10.5 Å². The number of aromatic nitrogens is 1. The van der Waals surface area contributed by atoms with E-state index in [1.54, 1.807) is 18.3 Å². The lowest BCUT2D eigenvalue weighted by molar-refractivity contribution is -0.130. The van der Waals surface area contributed by atoms with Crippen LogP contribution in [0.3, 0.4) is 0 Å². The Morgan fingerprint density at radius 3 is 2.67 bits per heavy atom. The van der Waals surface area contributed by atoms with Crippen molar-refractivity contribution in [3.63, 3.8) is 0 Å². The Morgan fingerprint density at radius 2 is 2.04 bits per heavy atom. The van der Waals surface area contributed by atoms with Crippen LogP contribution < -0.4 is 15.8 Å². The summed E-state index contributed by atoms with van der Waals surface area (Å²) in [6.45, 7) is 4.06. The molecule has 3 N–H and O–H groups in total. The number of nitrogens with zero attached hydrogens (tertiary/aromatic N) is 2. The number of nitrogens with one attached hydrogen (secondary N) is 1. The number of amides is 4. The number of nitrogens with two attached hydrogens (primary N) is 1. The number of pyridine rings is 1. The standard InChI is InChI=1S/C19H26N4O4/c1-11(2)10-15-18(25)23(19(26)22-15)12-5-7-13(8-6-12)27-17-14(16(20)24)4-3-9-21-17/h3-4,9,11-13,15H,5-8,10H2,1-2H3,(H2,20,24)(H,22,26). The number of hydrogen-bond acceptors (Lipinski definition) is 5. The van der Waals surface area contributed by atoms with Gasteiger partial charge in [-0.25, -0.2) is 9.78 Å². The van der Waals surface area contributed by atoms with Gasteiger partial charge >= 0.3 is 6.03 Å². The first-order valence-electron chi connectivity index (χ1n) is 9.41. The zero-order chi connectivity index (χ0) is 19.6. The Morgan fingerprint density at radius 1 is 1.33 bits per heavy atom. The molecule has 27 heavy (non-hydrogen) atoms. The zero-order valence-corrected chi connectivity index (χ0v) is 15.7. The van der Waals surface area contributed by atoms with Crippen LogP contribution >= 0.6 is 0 Å². The van der Waals surface area contributed by atoms with Gasteiger partial charge in [0.1, 0.15) is 17.7 Å². The lowest BCUT2D eigenvalue weighted by atomic mass is 9.91. The molecule has 1 saturated heterocycles. The van der Waals surface area contributed by atoms with Gasteiger partial charge in [0.25, 0.3) is 11.8 Å².